The first kappa shape index (κ1) is 13.7. The smallest absolute Gasteiger partial charge is 0.185 e. The first-order valence-corrected chi connectivity index (χ1v) is 6.41. The average Bonchev–Trinajstić information content (AvgIpc) is 2.43. The lowest BCUT2D eigenvalue weighted by Gasteiger charge is -2.07. The quantitative estimate of drug-likeness (QED) is 0.794. The Kier molecular flexibility index (Phi) is 4.27. The van der Waals surface area contributed by atoms with Crippen LogP contribution in [0, 0.1) is 5.82 Å². The molecule has 0 spiro atoms. The van der Waals surface area contributed by atoms with Crippen molar-refractivity contribution < 1.29 is 9.18 Å². The van der Waals surface area contributed by atoms with Gasteiger partial charge in [0.1, 0.15) is 11.5 Å². The molecular weight excluding hydrogens is 265 g/mol. The third kappa shape index (κ3) is 2.99. The fourth-order valence-electron chi connectivity index (χ4n) is 1.92. The van der Waals surface area contributed by atoms with E-state index < -0.39 is 5.82 Å². The topological polar surface area (TPSA) is 30.0 Å². The molecule has 19 heavy (non-hydrogen) atoms. The predicted molar refractivity (Wildman–Crippen MR) is 73.1 cm³/mol. The van der Waals surface area contributed by atoms with Gasteiger partial charge in [-0.05, 0) is 29.7 Å². The number of carbonyl (C=O) groups excluding carboxylic acids is 1. The first-order valence-electron chi connectivity index (χ1n) is 6.03. The van der Waals surface area contributed by atoms with Crippen LogP contribution in [-0.4, -0.2) is 10.8 Å². The van der Waals surface area contributed by atoms with Crippen LogP contribution in [0.5, 0.6) is 0 Å². The lowest BCUT2D eigenvalue weighted by molar-refractivity contribution is 0.0986. The van der Waals surface area contributed by atoms with Crippen LogP contribution in [0.1, 0.15) is 28.5 Å². The molecule has 0 aliphatic heterocycles. The Hall–Kier alpha value is -1.74. The van der Waals surface area contributed by atoms with Crippen molar-refractivity contribution in [2.45, 2.75) is 19.8 Å². The third-order valence-corrected chi connectivity index (χ3v) is 3.21. The molecule has 4 heteroatoms. The lowest BCUT2D eigenvalue weighted by atomic mass is 10.0. The number of pyridine rings is 1. The first-order chi connectivity index (χ1) is 9.13. The van der Waals surface area contributed by atoms with E-state index in [1.165, 1.54) is 6.07 Å². The normalized spacial score (nSPS) is 10.5. The summed E-state index contributed by atoms with van der Waals surface area (Å²) < 4.78 is 13.8. The molecule has 0 amide bonds. The van der Waals surface area contributed by atoms with Crippen LogP contribution in [0.4, 0.5) is 4.39 Å². The molecule has 0 aliphatic rings. The molecular formula is C15H13ClFNO. The molecule has 2 aromatic rings. The second kappa shape index (κ2) is 5.93. The maximum atomic E-state index is 13.8. The van der Waals surface area contributed by atoms with Gasteiger partial charge in [0.25, 0.3) is 0 Å². The molecule has 0 N–H and O–H groups in total. The van der Waals surface area contributed by atoms with Gasteiger partial charge in [0.15, 0.2) is 5.78 Å². The van der Waals surface area contributed by atoms with Crippen molar-refractivity contribution in [2.24, 2.45) is 0 Å². The van der Waals surface area contributed by atoms with Crippen LogP contribution < -0.4 is 0 Å². The number of halogens is 2. The SMILES string of the molecule is CCc1cccnc1C(=O)Cc1cccc(Cl)c1F. The van der Waals surface area contributed by atoms with Crippen LogP contribution in [0.25, 0.3) is 0 Å². The van der Waals surface area contributed by atoms with Gasteiger partial charge in [0.2, 0.25) is 0 Å². The van der Waals surface area contributed by atoms with Gasteiger partial charge in [0, 0.05) is 12.6 Å². The highest BCUT2D eigenvalue weighted by molar-refractivity contribution is 6.30. The number of hydrogen-bond donors (Lipinski definition) is 0. The third-order valence-electron chi connectivity index (χ3n) is 2.92. The molecule has 0 atom stereocenters. The number of rotatable bonds is 4. The number of nitrogens with zero attached hydrogens (tertiary/aromatic N) is 1. The molecule has 0 unspecified atom stereocenters. The minimum Gasteiger partial charge on any atom is -0.292 e. The van der Waals surface area contributed by atoms with E-state index in [-0.39, 0.29) is 17.2 Å². The number of aromatic nitrogens is 1. The Morgan fingerprint density at radius 2 is 2.00 bits per heavy atom. The molecule has 0 radical (unpaired) electrons. The van der Waals surface area contributed by atoms with Gasteiger partial charge in [-0.15, -0.1) is 0 Å². The van der Waals surface area contributed by atoms with Crippen molar-refractivity contribution in [3.63, 3.8) is 0 Å². The van der Waals surface area contributed by atoms with Crippen LogP contribution in [0.3, 0.4) is 0 Å². The van der Waals surface area contributed by atoms with Crippen LogP contribution in [-0.2, 0) is 12.8 Å². The zero-order valence-corrected chi connectivity index (χ0v) is 11.2. The number of hydrogen-bond acceptors (Lipinski definition) is 2. The van der Waals surface area contributed by atoms with E-state index in [9.17, 15) is 9.18 Å². The van der Waals surface area contributed by atoms with E-state index in [1.807, 2.05) is 13.0 Å². The molecule has 0 saturated heterocycles. The molecule has 1 aromatic heterocycles. The summed E-state index contributed by atoms with van der Waals surface area (Å²) in [6.07, 6.45) is 2.25. The highest BCUT2D eigenvalue weighted by Crippen LogP contribution is 2.19. The van der Waals surface area contributed by atoms with Crippen molar-refractivity contribution in [2.75, 3.05) is 0 Å². The van der Waals surface area contributed by atoms with E-state index in [0.29, 0.717) is 17.7 Å². The molecule has 1 aromatic carbocycles. The fraction of sp³-hybridized carbons (Fsp3) is 0.200. The van der Waals surface area contributed by atoms with Crippen molar-refractivity contribution in [1.82, 2.24) is 4.98 Å². The minimum atomic E-state index is -0.536. The summed E-state index contributed by atoms with van der Waals surface area (Å²) in [6.45, 7) is 1.95. The van der Waals surface area contributed by atoms with E-state index in [0.717, 1.165) is 5.56 Å². The molecule has 0 bridgehead atoms. The highest BCUT2D eigenvalue weighted by Gasteiger charge is 2.15. The van der Waals surface area contributed by atoms with Crippen LogP contribution in [0.2, 0.25) is 5.02 Å². The fourth-order valence-corrected chi connectivity index (χ4v) is 2.11. The number of Topliss-reactive ketones (excluding diaryl/α,β-unsaturated/α-hetero) is 1. The average molecular weight is 278 g/mol. The van der Waals surface area contributed by atoms with Crippen molar-refractivity contribution >= 4 is 17.4 Å². The van der Waals surface area contributed by atoms with E-state index in [4.69, 9.17) is 11.6 Å². The lowest BCUT2D eigenvalue weighted by Crippen LogP contribution is -2.10. The molecule has 1 heterocycles. The Morgan fingerprint density at radius 1 is 1.26 bits per heavy atom. The Morgan fingerprint density at radius 3 is 2.74 bits per heavy atom. The van der Waals surface area contributed by atoms with Gasteiger partial charge < -0.3 is 0 Å². The number of ketones is 1. The van der Waals surface area contributed by atoms with E-state index >= 15 is 0 Å². The number of aryl methyl sites for hydroxylation is 1. The molecule has 98 valence electrons. The van der Waals surface area contributed by atoms with Crippen LogP contribution >= 0.6 is 11.6 Å². The zero-order valence-electron chi connectivity index (χ0n) is 10.5. The Balaban J connectivity index is 2.28. The molecule has 0 saturated carbocycles. The zero-order chi connectivity index (χ0) is 13.8. The summed E-state index contributed by atoms with van der Waals surface area (Å²) in [6, 6.07) is 8.30. The van der Waals surface area contributed by atoms with Gasteiger partial charge in [-0.3, -0.25) is 9.78 Å². The monoisotopic (exact) mass is 277 g/mol. The largest absolute Gasteiger partial charge is 0.292 e. The number of carbonyl (C=O) groups is 1. The standard InChI is InChI=1S/C15H13ClFNO/c1-2-10-6-4-8-18-15(10)13(19)9-11-5-3-7-12(16)14(11)17/h3-8H,2,9H2,1H3. The Bertz CT molecular complexity index is 613. The van der Waals surface area contributed by atoms with Gasteiger partial charge in [0.05, 0.1) is 5.02 Å². The molecule has 0 aliphatic carbocycles. The van der Waals surface area contributed by atoms with E-state index in [2.05, 4.69) is 4.98 Å². The summed E-state index contributed by atoms with van der Waals surface area (Å²) in [4.78, 5) is 16.3. The van der Waals surface area contributed by atoms with Gasteiger partial charge in [-0.2, -0.15) is 0 Å². The summed E-state index contributed by atoms with van der Waals surface area (Å²) in [5.74, 6) is -0.731. The van der Waals surface area contributed by atoms with Gasteiger partial charge >= 0.3 is 0 Å². The Labute approximate surface area is 116 Å². The predicted octanol–water partition coefficient (Wildman–Crippen LogP) is 3.86. The van der Waals surface area contributed by atoms with E-state index in [1.54, 1.807) is 24.4 Å². The second-order valence-corrected chi connectivity index (χ2v) is 4.58. The summed E-state index contributed by atoms with van der Waals surface area (Å²) in [5.41, 5.74) is 1.57. The van der Waals surface area contributed by atoms with Gasteiger partial charge in [-0.25, -0.2) is 4.39 Å². The summed E-state index contributed by atoms with van der Waals surface area (Å²) in [7, 11) is 0. The van der Waals surface area contributed by atoms with Crippen LogP contribution in [0.15, 0.2) is 36.5 Å². The maximum Gasteiger partial charge on any atom is 0.185 e. The number of benzene rings is 1. The summed E-state index contributed by atoms with van der Waals surface area (Å²) >= 11 is 5.70. The highest BCUT2D eigenvalue weighted by atomic mass is 35.5. The maximum absolute atomic E-state index is 13.8. The second-order valence-electron chi connectivity index (χ2n) is 4.18. The summed E-state index contributed by atoms with van der Waals surface area (Å²) in [5, 5.41) is 0.0297. The van der Waals surface area contributed by atoms with Crippen molar-refractivity contribution in [1.29, 1.82) is 0 Å². The van der Waals surface area contributed by atoms with Crippen molar-refractivity contribution in [3.05, 3.63) is 64.2 Å². The van der Waals surface area contributed by atoms with Crippen molar-refractivity contribution in [3.8, 4) is 0 Å². The van der Waals surface area contributed by atoms with Gasteiger partial charge in [-0.1, -0.05) is 36.7 Å². The molecule has 0 fully saturated rings. The minimum absolute atomic E-state index is 0.0297. The molecule has 2 nitrogen and oxygen atoms in total. The molecule has 2 rings (SSSR count).